The van der Waals surface area contributed by atoms with Crippen molar-refractivity contribution >= 4 is 41.4 Å². The molecule has 0 aliphatic rings. The molecule has 0 aromatic carbocycles. The van der Waals surface area contributed by atoms with Gasteiger partial charge in [0.25, 0.3) is 0 Å². The topological polar surface area (TPSA) is 194 Å². The van der Waals surface area contributed by atoms with Crippen molar-refractivity contribution < 1.29 is 29.1 Å². The standard InChI is InChI=1S/C18H33N5O6S/c1-5-9(2)14(17(27)21-10(3)18(28)29)23-16(26)12(6-7-30-4)22-15(25)11(19)8-13(20)24/h9-12,14H,5-8,19H2,1-4H3,(H2,20,24)(H,21,27)(H,22,25)(H,23,26)(H,28,29). The summed E-state index contributed by atoms with van der Waals surface area (Å²) in [6, 6.07) is -4.30. The van der Waals surface area contributed by atoms with Crippen LogP contribution in [0.4, 0.5) is 0 Å². The first-order valence-corrected chi connectivity index (χ1v) is 11.0. The fourth-order valence-corrected chi connectivity index (χ4v) is 2.88. The predicted molar refractivity (Wildman–Crippen MR) is 113 cm³/mol. The Balaban J connectivity index is 5.36. The average Bonchev–Trinajstić information content (AvgIpc) is 2.67. The van der Waals surface area contributed by atoms with Crippen molar-refractivity contribution in [3.8, 4) is 0 Å². The van der Waals surface area contributed by atoms with Crippen LogP contribution in [0.5, 0.6) is 0 Å². The van der Waals surface area contributed by atoms with E-state index in [1.54, 1.807) is 6.92 Å². The number of primary amides is 1. The third kappa shape index (κ3) is 9.92. The molecule has 0 aliphatic carbocycles. The number of carboxylic acid groups (broad SMARTS) is 1. The van der Waals surface area contributed by atoms with Gasteiger partial charge in [0.05, 0.1) is 12.5 Å². The lowest BCUT2D eigenvalue weighted by atomic mass is 9.97. The number of carboxylic acids is 1. The number of amides is 4. The molecule has 0 radical (unpaired) electrons. The number of carbonyl (C=O) groups is 5. The Morgan fingerprint density at radius 3 is 2.07 bits per heavy atom. The summed E-state index contributed by atoms with van der Waals surface area (Å²) in [4.78, 5) is 59.5. The number of thioether (sulfide) groups is 1. The van der Waals surface area contributed by atoms with E-state index < -0.39 is 53.8 Å². The molecule has 0 rings (SSSR count). The molecule has 0 saturated heterocycles. The van der Waals surface area contributed by atoms with Gasteiger partial charge in [-0.05, 0) is 31.3 Å². The number of carbonyl (C=O) groups excluding carboxylic acids is 4. The number of hydrogen-bond acceptors (Lipinski definition) is 7. The highest BCUT2D eigenvalue weighted by atomic mass is 32.2. The Hall–Kier alpha value is -2.34. The fraction of sp³-hybridized carbons (Fsp3) is 0.722. The van der Waals surface area contributed by atoms with Crippen LogP contribution in [0.3, 0.4) is 0 Å². The van der Waals surface area contributed by atoms with E-state index in [0.717, 1.165) is 0 Å². The van der Waals surface area contributed by atoms with Crippen LogP contribution in [-0.4, -0.2) is 70.9 Å². The van der Waals surface area contributed by atoms with Gasteiger partial charge in [-0.3, -0.25) is 24.0 Å². The molecule has 4 amide bonds. The summed E-state index contributed by atoms with van der Waals surface area (Å²) in [6.45, 7) is 4.89. The maximum Gasteiger partial charge on any atom is 0.325 e. The number of nitrogens with two attached hydrogens (primary N) is 2. The molecular formula is C18H33N5O6S. The maximum atomic E-state index is 12.8. The monoisotopic (exact) mass is 447 g/mol. The van der Waals surface area contributed by atoms with E-state index in [9.17, 15) is 24.0 Å². The minimum Gasteiger partial charge on any atom is -0.480 e. The Kier molecular flexibility index (Phi) is 12.7. The molecule has 172 valence electrons. The van der Waals surface area contributed by atoms with Crippen LogP contribution in [0.15, 0.2) is 0 Å². The highest BCUT2D eigenvalue weighted by Crippen LogP contribution is 2.10. The molecule has 0 spiro atoms. The molecule has 12 heteroatoms. The number of nitrogens with one attached hydrogen (secondary N) is 3. The van der Waals surface area contributed by atoms with Crippen LogP contribution in [0.25, 0.3) is 0 Å². The molecule has 5 unspecified atom stereocenters. The molecule has 0 heterocycles. The van der Waals surface area contributed by atoms with Crippen LogP contribution in [0.1, 0.15) is 40.0 Å². The zero-order chi connectivity index (χ0) is 23.4. The second-order valence-electron chi connectivity index (χ2n) is 7.06. The fourth-order valence-electron chi connectivity index (χ4n) is 2.41. The smallest absolute Gasteiger partial charge is 0.325 e. The zero-order valence-electron chi connectivity index (χ0n) is 17.8. The highest BCUT2D eigenvalue weighted by Gasteiger charge is 2.31. The summed E-state index contributed by atoms with van der Waals surface area (Å²) in [6.07, 6.45) is 2.28. The number of rotatable bonds is 14. The second kappa shape index (κ2) is 13.8. The SMILES string of the molecule is CCC(C)C(NC(=O)C(CCSC)NC(=O)C(N)CC(N)=O)C(=O)NC(C)C(=O)O. The van der Waals surface area contributed by atoms with Gasteiger partial charge >= 0.3 is 5.97 Å². The molecule has 0 fully saturated rings. The summed E-state index contributed by atoms with van der Waals surface area (Å²) in [5.74, 6) is -3.64. The highest BCUT2D eigenvalue weighted by molar-refractivity contribution is 7.98. The van der Waals surface area contributed by atoms with Crippen molar-refractivity contribution in [2.75, 3.05) is 12.0 Å². The lowest BCUT2D eigenvalue weighted by Gasteiger charge is -2.27. The normalized spacial score (nSPS) is 15.8. The van der Waals surface area contributed by atoms with Crippen LogP contribution in [0, 0.1) is 5.92 Å². The van der Waals surface area contributed by atoms with Crippen molar-refractivity contribution in [1.82, 2.24) is 16.0 Å². The first kappa shape index (κ1) is 27.7. The van der Waals surface area contributed by atoms with Crippen molar-refractivity contribution in [3.05, 3.63) is 0 Å². The zero-order valence-corrected chi connectivity index (χ0v) is 18.6. The summed E-state index contributed by atoms with van der Waals surface area (Å²) >= 11 is 1.46. The van der Waals surface area contributed by atoms with Gasteiger partial charge in [0, 0.05) is 0 Å². The van der Waals surface area contributed by atoms with E-state index in [2.05, 4.69) is 16.0 Å². The lowest BCUT2D eigenvalue weighted by Crippen LogP contribution is -2.58. The molecule has 0 saturated carbocycles. The van der Waals surface area contributed by atoms with Crippen LogP contribution in [0.2, 0.25) is 0 Å². The summed E-state index contributed by atoms with van der Waals surface area (Å²) in [5, 5.41) is 16.4. The molecule has 5 atom stereocenters. The van der Waals surface area contributed by atoms with Gasteiger partial charge in [-0.1, -0.05) is 20.3 Å². The molecule has 0 aliphatic heterocycles. The second-order valence-corrected chi connectivity index (χ2v) is 8.05. The van der Waals surface area contributed by atoms with E-state index in [1.165, 1.54) is 18.7 Å². The molecular weight excluding hydrogens is 414 g/mol. The van der Waals surface area contributed by atoms with Crippen molar-refractivity contribution in [3.63, 3.8) is 0 Å². The number of aliphatic carboxylic acids is 1. The van der Waals surface area contributed by atoms with Crippen LogP contribution >= 0.6 is 11.8 Å². The van der Waals surface area contributed by atoms with E-state index >= 15 is 0 Å². The average molecular weight is 448 g/mol. The van der Waals surface area contributed by atoms with Gasteiger partial charge in [-0.25, -0.2) is 0 Å². The third-order valence-electron chi connectivity index (χ3n) is 4.52. The van der Waals surface area contributed by atoms with Crippen molar-refractivity contribution in [2.45, 2.75) is 64.2 Å². The predicted octanol–water partition coefficient (Wildman–Crippen LogP) is -1.45. The maximum absolute atomic E-state index is 12.8. The van der Waals surface area contributed by atoms with Gasteiger partial charge in [0.2, 0.25) is 23.6 Å². The minimum absolute atomic E-state index is 0.266. The first-order valence-electron chi connectivity index (χ1n) is 9.61. The molecule has 0 bridgehead atoms. The molecule has 8 N–H and O–H groups in total. The molecule has 30 heavy (non-hydrogen) atoms. The Labute approximate surface area is 180 Å². The quantitative estimate of drug-likeness (QED) is 0.186. The van der Waals surface area contributed by atoms with E-state index in [-0.39, 0.29) is 18.8 Å². The van der Waals surface area contributed by atoms with Crippen molar-refractivity contribution in [2.24, 2.45) is 17.4 Å². The van der Waals surface area contributed by atoms with Crippen LogP contribution in [-0.2, 0) is 24.0 Å². The van der Waals surface area contributed by atoms with Crippen LogP contribution < -0.4 is 27.4 Å². The summed E-state index contributed by atoms with van der Waals surface area (Å²) in [7, 11) is 0. The lowest BCUT2D eigenvalue weighted by molar-refractivity contribution is -0.142. The van der Waals surface area contributed by atoms with Gasteiger partial charge < -0.3 is 32.5 Å². The van der Waals surface area contributed by atoms with E-state index in [4.69, 9.17) is 16.6 Å². The molecule has 0 aromatic rings. The number of hydrogen-bond donors (Lipinski definition) is 6. The Morgan fingerprint density at radius 1 is 1.00 bits per heavy atom. The Morgan fingerprint density at radius 2 is 1.60 bits per heavy atom. The van der Waals surface area contributed by atoms with Crippen molar-refractivity contribution in [1.29, 1.82) is 0 Å². The van der Waals surface area contributed by atoms with E-state index in [0.29, 0.717) is 12.2 Å². The Bertz CT molecular complexity index is 632. The molecule has 11 nitrogen and oxygen atoms in total. The van der Waals surface area contributed by atoms with Gasteiger partial charge in [0.15, 0.2) is 0 Å². The third-order valence-corrected chi connectivity index (χ3v) is 5.17. The van der Waals surface area contributed by atoms with Gasteiger partial charge in [0.1, 0.15) is 18.1 Å². The largest absolute Gasteiger partial charge is 0.480 e. The first-order chi connectivity index (χ1) is 13.9. The van der Waals surface area contributed by atoms with Gasteiger partial charge in [-0.2, -0.15) is 11.8 Å². The summed E-state index contributed by atoms with van der Waals surface area (Å²) < 4.78 is 0. The van der Waals surface area contributed by atoms with E-state index in [1.807, 2.05) is 13.2 Å². The molecule has 0 aromatic heterocycles. The minimum atomic E-state index is -1.20. The van der Waals surface area contributed by atoms with Gasteiger partial charge in [-0.15, -0.1) is 0 Å². The summed E-state index contributed by atoms with van der Waals surface area (Å²) in [5.41, 5.74) is 10.7.